The lowest BCUT2D eigenvalue weighted by molar-refractivity contribution is -0.115. The minimum atomic E-state index is -1.50. The molecule has 3 N–H and O–H groups in total. The summed E-state index contributed by atoms with van der Waals surface area (Å²) in [5, 5.41) is 13.6. The summed E-state index contributed by atoms with van der Waals surface area (Å²) >= 11 is 31.8. The third kappa shape index (κ3) is 6.69. The Kier molecular flexibility index (Phi) is 9.90. The molecule has 0 aromatic heterocycles. The van der Waals surface area contributed by atoms with Crippen LogP contribution in [0.2, 0.25) is 25.1 Å². The summed E-state index contributed by atoms with van der Waals surface area (Å²) in [4.78, 5) is 39.1. The van der Waals surface area contributed by atoms with Gasteiger partial charge in [-0.25, -0.2) is 4.79 Å². The summed E-state index contributed by atoms with van der Waals surface area (Å²) in [5.74, 6) is -2.67. The van der Waals surface area contributed by atoms with Crippen LogP contribution in [-0.2, 0) is 4.79 Å². The molecule has 4 aromatic carbocycles. The minimum Gasteiger partial charge on any atom is -0.478 e. The fourth-order valence-electron chi connectivity index (χ4n) is 3.68. The highest BCUT2D eigenvalue weighted by Gasteiger charge is 2.29. The number of benzene rings is 4. The van der Waals surface area contributed by atoms with Gasteiger partial charge in [-0.05, 0) is 35.9 Å². The van der Waals surface area contributed by atoms with Crippen LogP contribution in [-0.4, -0.2) is 22.9 Å². The molecule has 12 heteroatoms. The van der Waals surface area contributed by atoms with Crippen molar-refractivity contribution in [3.63, 3.8) is 0 Å². The molecule has 2 amide bonds. The molecule has 6 nitrogen and oxygen atoms in total. The Morgan fingerprint density at radius 3 is 1.98 bits per heavy atom. The maximum absolute atomic E-state index is 13.4. The topological polar surface area (TPSA) is 95.5 Å². The molecule has 0 radical (unpaired) electrons. The zero-order chi connectivity index (χ0) is 29.0. The Morgan fingerprint density at radius 2 is 1.32 bits per heavy atom. The lowest BCUT2D eigenvalue weighted by Crippen LogP contribution is -2.19. The number of nitrogens with one attached hydrogen (secondary N) is 2. The number of carbonyl (C=O) groups excluding carboxylic acids is 2. The molecule has 40 heavy (non-hydrogen) atoms. The van der Waals surface area contributed by atoms with E-state index >= 15 is 0 Å². The van der Waals surface area contributed by atoms with E-state index in [-0.39, 0.29) is 21.0 Å². The number of aromatic carboxylic acids is 1. The monoisotopic (exact) mass is 652 g/mol. The van der Waals surface area contributed by atoms with Crippen molar-refractivity contribution < 1.29 is 19.5 Å². The zero-order valence-electron chi connectivity index (χ0n) is 20.1. The van der Waals surface area contributed by atoms with Crippen LogP contribution in [0.4, 0.5) is 11.4 Å². The van der Waals surface area contributed by atoms with Gasteiger partial charge in [-0.2, -0.15) is 0 Å². The van der Waals surface area contributed by atoms with Crippen LogP contribution in [0.3, 0.4) is 0 Å². The van der Waals surface area contributed by atoms with Gasteiger partial charge in [0.25, 0.3) is 5.91 Å². The quantitative estimate of drug-likeness (QED) is 0.1000. The van der Waals surface area contributed by atoms with Crippen molar-refractivity contribution in [2.75, 3.05) is 10.6 Å². The number of carbonyl (C=O) groups is 3. The second-order valence-corrected chi connectivity index (χ2v) is 11.3. The first-order valence-corrected chi connectivity index (χ1v) is 14.1. The average molecular weight is 655 g/mol. The van der Waals surface area contributed by atoms with Gasteiger partial charge < -0.3 is 15.7 Å². The molecule has 4 aromatic rings. The Hall–Kier alpha value is -2.91. The van der Waals surface area contributed by atoms with Crippen LogP contribution in [0.5, 0.6) is 0 Å². The third-order valence-electron chi connectivity index (χ3n) is 5.53. The third-order valence-corrected chi connectivity index (χ3v) is 8.91. The van der Waals surface area contributed by atoms with Crippen LogP contribution in [0.25, 0.3) is 0 Å². The zero-order valence-corrected chi connectivity index (χ0v) is 24.6. The lowest BCUT2D eigenvalue weighted by Gasteiger charge is -2.18. The second kappa shape index (κ2) is 13.2. The number of carboxylic acid groups (broad SMARTS) is 1. The van der Waals surface area contributed by atoms with E-state index in [1.54, 1.807) is 48.5 Å². The van der Waals surface area contributed by atoms with Gasteiger partial charge in [0.05, 0.1) is 41.9 Å². The SMILES string of the molecule is O=C(O)c1c(Cl)c(Cl)c(Cl)c(Cl)c1C(=O)Nc1cccc(SC(C(=O)Nc2ccccc2Cl)c2ccccc2)c1. The number of rotatable bonds is 8. The van der Waals surface area contributed by atoms with Crippen molar-refractivity contribution in [2.45, 2.75) is 10.1 Å². The average Bonchev–Trinajstić information content (AvgIpc) is 2.94. The van der Waals surface area contributed by atoms with Gasteiger partial charge in [0.15, 0.2) is 0 Å². The first-order valence-electron chi connectivity index (χ1n) is 11.4. The summed E-state index contributed by atoms with van der Waals surface area (Å²) < 4.78 is 0. The molecular weight excluding hydrogens is 638 g/mol. The van der Waals surface area contributed by atoms with Gasteiger partial charge in [-0.3, -0.25) is 9.59 Å². The number of amides is 2. The molecule has 0 aliphatic rings. The first kappa shape index (κ1) is 30.1. The van der Waals surface area contributed by atoms with Crippen molar-refractivity contribution in [2.24, 2.45) is 0 Å². The van der Waals surface area contributed by atoms with Gasteiger partial charge in [0.2, 0.25) is 5.91 Å². The molecule has 0 aliphatic heterocycles. The largest absolute Gasteiger partial charge is 0.478 e. The van der Waals surface area contributed by atoms with Crippen molar-refractivity contribution >= 4 is 98.9 Å². The normalized spacial score (nSPS) is 11.5. The summed E-state index contributed by atoms with van der Waals surface area (Å²) in [5.41, 5.74) is 0.512. The van der Waals surface area contributed by atoms with Crippen LogP contribution < -0.4 is 10.6 Å². The van der Waals surface area contributed by atoms with E-state index in [2.05, 4.69) is 10.6 Å². The number of hydrogen-bond acceptors (Lipinski definition) is 4. The van der Waals surface area contributed by atoms with Crippen LogP contribution in [0.15, 0.2) is 83.8 Å². The Labute approximate surface area is 258 Å². The summed E-state index contributed by atoms with van der Waals surface area (Å²) in [7, 11) is 0. The van der Waals surface area contributed by atoms with E-state index in [1.807, 2.05) is 30.3 Å². The summed E-state index contributed by atoms with van der Waals surface area (Å²) in [6.07, 6.45) is 0. The number of thioether (sulfide) groups is 1. The minimum absolute atomic E-state index is 0.247. The number of para-hydroxylation sites is 1. The molecule has 0 saturated heterocycles. The van der Waals surface area contributed by atoms with Crippen molar-refractivity contribution in [1.29, 1.82) is 0 Å². The Morgan fingerprint density at radius 1 is 0.700 bits per heavy atom. The van der Waals surface area contributed by atoms with E-state index < -0.39 is 33.3 Å². The molecule has 1 unspecified atom stereocenters. The molecule has 0 aliphatic carbocycles. The van der Waals surface area contributed by atoms with Crippen molar-refractivity contribution in [1.82, 2.24) is 0 Å². The van der Waals surface area contributed by atoms with Gasteiger partial charge >= 0.3 is 5.97 Å². The molecular formula is C28H17Cl5N2O4S. The fraction of sp³-hybridized carbons (Fsp3) is 0.0357. The number of hydrogen-bond donors (Lipinski definition) is 3. The highest BCUT2D eigenvalue weighted by Crippen LogP contribution is 2.42. The first-order chi connectivity index (χ1) is 19.1. The van der Waals surface area contributed by atoms with Gasteiger partial charge in [-0.1, -0.05) is 107 Å². The van der Waals surface area contributed by atoms with Crippen LogP contribution >= 0.6 is 69.8 Å². The predicted octanol–water partition coefficient (Wildman–Crippen LogP) is 9.38. The molecule has 0 bridgehead atoms. The van der Waals surface area contributed by atoms with E-state index in [9.17, 15) is 19.5 Å². The molecule has 0 heterocycles. The molecule has 204 valence electrons. The van der Waals surface area contributed by atoms with Gasteiger partial charge in [0.1, 0.15) is 5.25 Å². The number of carboxylic acids is 1. The molecule has 1 atom stereocenters. The van der Waals surface area contributed by atoms with Gasteiger partial charge in [0, 0.05) is 10.6 Å². The maximum Gasteiger partial charge on any atom is 0.338 e. The van der Waals surface area contributed by atoms with E-state index in [1.165, 1.54) is 11.8 Å². The molecule has 0 saturated carbocycles. The van der Waals surface area contributed by atoms with Crippen LogP contribution in [0, 0.1) is 0 Å². The van der Waals surface area contributed by atoms with Gasteiger partial charge in [-0.15, -0.1) is 11.8 Å². The van der Waals surface area contributed by atoms with E-state index in [4.69, 9.17) is 58.0 Å². The standard InChI is InChI=1S/C28H17Cl5N2O4S/c29-17-11-4-5-12-18(17)35-27(37)25(14-7-2-1-3-8-14)40-16-10-6-9-15(13-16)34-26(36)19-20(28(38)39)22(31)24(33)23(32)21(19)30/h1-13,25H,(H,34,36)(H,35,37)(H,38,39). The maximum atomic E-state index is 13.4. The summed E-state index contributed by atoms with van der Waals surface area (Å²) in [6, 6.07) is 22.7. The second-order valence-electron chi connectivity index (χ2n) is 8.17. The fourth-order valence-corrected chi connectivity index (χ4v) is 5.97. The number of anilines is 2. The van der Waals surface area contributed by atoms with Crippen molar-refractivity contribution in [3.05, 3.63) is 121 Å². The predicted molar refractivity (Wildman–Crippen MR) is 163 cm³/mol. The van der Waals surface area contributed by atoms with E-state index in [0.717, 1.165) is 5.56 Å². The number of halogens is 5. The summed E-state index contributed by atoms with van der Waals surface area (Å²) in [6.45, 7) is 0. The highest BCUT2D eigenvalue weighted by molar-refractivity contribution is 8.00. The highest BCUT2D eigenvalue weighted by atomic mass is 35.5. The Bertz CT molecular complexity index is 1620. The smallest absolute Gasteiger partial charge is 0.338 e. The van der Waals surface area contributed by atoms with E-state index in [0.29, 0.717) is 21.3 Å². The Balaban J connectivity index is 1.63. The molecule has 0 fully saturated rings. The van der Waals surface area contributed by atoms with Crippen molar-refractivity contribution in [3.8, 4) is 0 Å². The molecule has 0 spiro atoms. The lowest BCUT2D eigenvalue weighted by atomic mass is 10.1. The van der Waals surface area contributed by atoms with Crippen LogP contribution in [0.1, 0.15) is 31.5 Å². The molecule has 4 rings (SSSR count).